The van der Waals surface area contributed by atoms with Crippen molar-refractivity contribution in [1.82, 2.24) is 0 Å². The number of benzene rings is 2. The molecule has 1 aliphatic carbocycles. The summed E-state index contributed by atoms with van der Waals surface area (Å²) in [7, 11) is 0. The summed E-state index contributed by atoms with van der Waals surface area (Å²) in [6, 6.07) is 16.9. The molecule has 1 atom stereocenters. The van der Waals surface area contributed by atoms with Crippen molar-refractivity contribution >= 4 is 5.97 Å². The third kappa shape index (κ3) is 4.59. The molecule has 0 bridgehead atoms. The lowest BCUT2D eigenvalue weighted by Gasteiger charge is -2.26. The maximum atomic E-state index is 12.0. The largest absolute Gasteiger partial charge is 0.490 e. The van der Waals surface area contributed by atoms with Gasteiger partial charge in [0.25, 0.3) is 0 Å². The van der Waals surface area contributed by atoms with Gasteiger partial charge in [-0.15, -0.1) is 0 Å². The molecular formula is C20H23NO3. The van der Waals surface area contributed by atoms with Gasteiger partial charge < -0.3 is 15.2 Å². The van der Waals surface area contributed by atoms with Gasteiger partial charge in [-0.25, -0.2) is 0 Å². The van der Waals surface area contributed by atoms with Gasteiger partial charge in [-0.2, -0.15) is 0 Å². The third-order valence-corrected chi connectivity index (χ3v) is 4.27. The maximum absolute atomic E-state index is 12.0. The molecule has 0 aromatic heterocycles. The first-order chi connectivity index (χ1) is 11.7. The molecule has 1 unspecified atom stereocenters. The van der Waals surface area contributed by atoms with E-state index in [2.05, 4.69) is 0 Å². The van der Waals surface area contributed by atoms with E-state index in [9.17, 15) is 4.79 Å². The van der Waals surface area contributed by atoms with Crippen molar-refractivity contribution in [2.45, 2.75) is 44.4 Å². The van der Waals surface area contributed by atoms with E-state index >= 15 is 0 Å². The molecule has 0 spiro atoms. The van der Waals surface area contributed by atoms with Gasteiger partial charge in [0.1, 0.15) is 12.4 Å². The molecule has 0 amide bonds. The highest BCUT2D eigenvalue weighted by atomic mass is 16.5. The Hall–Kier alpha value is -2.33. The molecule has 2 aromatic rings. The van der Waals surface area contributed by atoms with Crippen LogP contribution in [0.2, 0.25) is 0 Å². The van der Waals surface area contributed by atoms with Crippen LogP contribution in [0.5, 0.6) is 5.75 Å². The summed E-state index contributed by atoms with van der Waals surface area (Å²) < 4.78 is 11.2. The Kier molecular flexibility index (Phi) is 5.49. The van der Waals surface area contributed by atoms with Crippen molar-refractivity contribution < 1.29 is 14.3 Å². The molecule has 4 heteroatoms. The summed E-state index contributed by atoms with van der Waals surface area (Å²) >= 11 is 0. The van der Waals surface area contributed by atoms with Crippen molar-refractivity contribution in [3.63, 3.8) is 0 Å². The van der Waals surface area contributed by atoms with E-state index in [4.69, 9.17) is 15.2 Å². The maximum Gasteiger partial charge on any atom is 0.308 e. The number of hydrogen-bond acceptors (Lipinski definition) is 4. The average Bonchev–Trinajstić information content (AvgIpc) is 2.57. The van der Waals surface area contributed by atoms with Crippen LogP contribution >= 0.6 is 0 Å². The van der Waals surface area contributed by atoms with Gasteiger partial charge in [-0.1, -0.05) is 42.5 Å². The zero-order chi connectivity index (χ0) is 16.8. The first kappa shape index (κ1) is 16.5. The third-order valence-electron chi connectivity index (χ3n) is 4.27. The van der Waals surface area contributed by atoms with Gasteiger partial charge >= 0.3 is 5.97 Å². The Balaban J connectivity index is 1.51. The van der Waals surface area contributed by atoms with Crippen molar-refractivity contribution in [2.75, 3.05) is 0 Å². The molecule has 2 aromatic carbocycles. The van der Waals surface area contributed by atoms with E-state index in [1.54, 1.807) is 0 Å². The Bertz CT molecular complexity index is 668. The molecule has 1 fully saturated rings. The lowest BCUT2D eigenvalue weighted by molar-refractivity contribution is -0.145. The molecule has 1 aliphatic rings. The summed E-state index contributed by atoms with van der Waals surface area (Å²) in [6.07, 6.45) is 3.94. The lowest BCUT2D eigenvalue weighted by Crippen LogP contribution is -2.24. The molecule has 2 N–H and O–H groups in total. The normalized spacial score (nSPS) is 15.4. The van der Waals surface area contributed by atoms with Gasteiger partial charge in [0.15, 0.2) is 0 Å². The van der Waals surface area contributed by atoms with Crippen molar-refractivity contribution in [2.24, 2.45) is 5.73 Å². The molecule has 1 saturated carbocycles. The first-order valence-electron chi connectivity index (χ1n) is 8.42. The fourth-order valence-electron chi connectivity index (χ4n) is 2.59. The second kappa shape index (κ2) is 7.97. The topological polar surface area (TPSA) is 61.6 Å². The van der Waals surface area contributed by atoms with E-state index in [1.165, 1.54) is 6.42 Å². The Labute approximate surface area is 142 Å². The number of carbonyl (C=O) groups excluding carboxylic acids is 1. The highest BCUT2D eigenvalue weighted by Crippen LogP contribution is 2.27. The van der Waals surface area contributed by atoms with Crippen LogP contribution in [0.3, 0.4) is 0 Å². The quantitative estimate of drug-likeness (QED) is 0.788. The highest BCUT2D eigenvalue weighted by molar-refractivity contribution is 5.70. The van der Waals surface area contributed by atoms with E-state index in [0.717, 1.165) is 29.7 Å². The summed E-state index contributed by atoms with van der Waals surface area (Å²) in [5.41, 5.74) is 8.01. The van der Waals surface area contributed by atoms with Crippen LogP contribution in [0.15, 0.2) is 54.6 Å². The van der Waals surface area contributed by atoms with Gasteiger partial charge in [-0.05, 0) is 42.5 Å². The Morgan fingerprint density at radius 3 is 2.62 bits per heavy atom. The number of hydrogen-bond donors (Lipinski definition) is 1. The Morgan fingerprint density at radius 2 is 1.92 bits per heavy atom. The van der Waals surface area contributed by atoms with Crippen molar-refractivity contribution in [3.05, 3.63) is 65.7 Å². The fraction of sp³-hybridized carbons (Fsp3) is 0.350. The minimum absolute atomic E-state index is 0.152. The summed E-state index contributed by atoms with van der Waals surface area (Å²) in [6.45, 7) is 0.275. The predicted octanol–water partition coefficient (Wildman–Crippen LogP) is 3.75. The number of esters is 1. The number of nitrogens with two attached hydrogens (primary N) is 1. The van der Waals surface area contributed by atoms with Crippen LogP contribution in [0.1, 0.15) is 42.9 Å². The van der Waals surface area contributed by atoms with Crippen LogP contribution in [-0.4, -0.2) is 12.1 Å². The standard InChI is InChI=1S/C20H23NO3/c21-19(13-20(22)23-14-15-6-2-1-3-7-15)16-8-4-11-18(12-16)24-17-9-5-10-17/h1-4,6-8,11-12,17,19H,5,9-10,13-14,21H2. The second-order valence-corrected chi connectivity index (χ2v) is 6.20. The van der Waals surface area contributed by atoms with Gasteiger partial charge in [-0.3, -0.25) is 4.79 Å². The van der Waals surface area contributed by atoms with E-state index in [-0.39, 0.29) is 19.0 Å². The Morgan fingerprint density at radius 1 is 1.12 bits per heavy atom. The summed E-state index contributed by atoms with van der Waals surface area (Å²) in [4.78, 5) is 12.0. The molecule has 126 valence electrons. The molecule has 3 rings (SSSR count). The van der Waals surface area contributed by atoms with Gasteiger partial charge in [0.05, 0.1) is 12.5 Å². The van der Waals surface area contributed by atoms with Crippen LogP contribution in [0.4, 0.5) is 0 Å². The first-order valence-corrected chi connectivity index (χ1v) is 8.42. The lowest BCUT2D eigenvalue weighted by atomic mass is 9.96. The minimum Gasteiger partial charge on any atom is -0.490 e. The smallest absolute Gasteiger partial charge is 0.308 e. The fourth-order valence-corrected chi connectivity index (χ4v) is 2.59. The summed E-state index contributed by atoms with van der Waals surface area (Å²) in [5.74, 6) is 0.530. The van der Waals surface area contributed by atoms with E-state index in [0.29, 0.717) is 6.10 Å². The van der Waals surface area contributed by atoms with Crippen LogP contribution in [-0.2, 0) is 16.1 Å². The van der Waals surface area contributed by atoms with Gasteiger partial charge in [0, 0.05) is 6.04 Å². The minimum atomic E-state index is -0.391. The second-order valence-electron chi connectivity index (χ2n) is 6.20. The molecule has 0 saturated heterocycles. The summed E-state index contributed by atoms with van der Waals surface area (Å²) in [5, 5.41) is 0. The molecule has 0 aliphatic heterocycles. The van der Waals surface area contributed by atoms with Crippen LogP contribution < -0.4 is 10.5 Å². The molecule has 24 heavy (non-hydrogen) atoms. The van der Waals surface area contributed by atoms with Crippen molar-refractivity contribution in [3.8, 4) is 5.75 Å². The number of carbonyl (C=O) groups is 1. The van der Waals surface area contributed by atoms with Crippen LogP contribution in [0, 0.1) is 0 Å². The molecule has 0 radical (unpaired) electrons. The van der Waals surface area contributed by atoms with Gasteiger partial charge in [0.2, 0.25) is 0 Å². The average molecular weight is 325 g/mol. The molecule has 0 heterocycles. The van der Waals surface area contributed by atoms with Crippen LogP contribution in [0.25, 0.3) is 0 Å². The number of rotatable bonds is 7. The monoisotopic (exact) mass is 325 g/mol. The number of ether oxygens (including phenoxy) is 2. The highest BCUT2D eigenvalue weighted by Gasteiger charge is 2.20. The van der Waals surface area contributed by atoms with E-state index < -0.39 is 6.04 Å². The zero-order valence-corrected chi connectivity index (χ0v) is 13.7. The SMILES string of the molecule is NC(CC(=O)OCc1ccccc1)c1cccc(OC2CCC2)c1. The zero-order valence-electron chi connectivity index (χ0n) is 13.7. The van der Waals surface area contributed by atoms with E-state index in [1.807, 2.05) is 54.6 Å². The predicted molar refractivity (Wildman–Crippen MR) is 92.5 cm³/mol. The van der Waals surface area contributed by atoms with Crippen molar-refractivity contribution in [1.29, 1.82) is 0 Å². The molecular weight excluding hydrogens is 302 g/mol. The molecule has 4 nitrogen and oxygen atoms in total.